The molecule has 1 unspecified atom stereocenters. The predicted molar refractivity (Wildman–Crippen MR) is 83.4 cm³/mol. The van der Waals surface area contributed by atoms with E-state index in [-0.39, 0.29) is 0 Å². The van der Waals surface area contributed by atoms with E-state index >= 15 is 0 Å². The molecule has 0 aromatic heterocycles. The van der Waals surface area contributed by atoms with Crippen molar-refractivity contribution in [3.05, 3.63) is 23.8 Å². The van der Waals surface area contributed by atoms with Crippen LogP contribution < -0.4 is 10.1 Å². The number of anilines is 1. The molecule has 0 fully saturated rings. The molecular formula is C16H23NO5. The predicted octanol–water partition coefficient (Wildman–Crippen LogP) is 3.31. The number of benzene rings is 1. The summed E-state index contributed by atoms with van der Waals surface area (Å²) in [7, 11) is 1.50. The summed E-state index contributed by atoms with van der Waals surface area (Å²) in [6.07, 6.45) is -0.225. The van der Waals surface area contributed by atoms with Gasteiger partial charge in [-0.2, -0.15) is 0 Å². The molecule has 0 bridgehead atoms. The SMILES string of the molecule is COc1ccc(CC(C)C(=O)O)cc1NC(=O)OC(C)(C)C. The summed E-state index contributed by atoms with van der Waals surface area (Å²) in [5.41, 5.74) is 0.640. The van der Waals surface area contributed by atoms with Crippen LogP contribution in [0, 0.1) is 5.92 Å². The molecule has 1 rings (SSSR count). The molecule has 0 spiro atoms. The first kappa shape index (κ1) is 17.8. The van der Waals surface area contributed by atoms with Gasteiger partial charge in [0.1, 0.15) is 11.4 Å². The molecule has 0 radical (unpaired) electrons. The first-order valence-electron chi connectivity index (χ1n) is 7.02. The zero-order valence-electron chi connectivity index (χ0n) is 13.6. The van der Waals surface area contributed by atoms with E-state index in [0.717, 1.165) is 5.56 Å². The first-order valence-corrected chi connectivity index (χ1v) is 7.02. The van der Waals surface area contributed by atoms with Crippen LogP contribution in [-0.4, -0.2) is 29.9 Å². The fraction of sp³-hybridized carbons (Fsp3) is 0.500. The molecule has 0 saturated carbocycles. The maximum absolute atomic E-state index is 11.9. The van der Waals surface area contributed by atoms with Gasteiger partial charge in [0.2, 0.25) is 0 Å². The largest absolute Gasteiger partial charge is 0.495 e. The third kappa shape index (κ3) is 5.63. The number of amides is 1. The highest BCUT2D eigenvalue weighted by Crippen LogP contribution is 2.27. The van der Waals surface area contributed by atoms with Crippen molar-refractivity contribution in [2.75, 3.05) is 12.4 Å². The van der Waals surface area contributed by atoms with Crippen LogP contribution in [0.2, 0.25) is 0 Å². The summed E-state index contributed by atoms with van der Waals surface area (Å²) >= 11 is 0. The Morgan fingerprint density at radius 1 is 1.32 bits per heavy atom. The van der Waals surface area contributed by atoms with Crippen LogP contribution in [0.25, 0.3) is 0 Å². The Labute approximate surface area is 130 Å². The van der Waals surface area contributed by atoms with Crippen molar-refractivity contribution < 1.29 is 24.2 Å². The summed E-state index contributed by atoms with van der Waals surface area (Å²) in [4.78, 5) is 22.8. The molecule has 1 amide bonds. The van der Waals surface area contributed by atoms with Gasteiger partial charge >= 0.3 is 12.1 Å². The summed E-state index contributed by atoms with van der Waals surface area (Å²) in [5.74, 6) is -0.891. The van der Waals surface area contributed by atoms with Crippen molar-refractivity contribution in [1.82, 2.24) is 0 Å². The Morgan fingerprint density at radius 3 is 2.45 bits per heavy atom. The van der Waals surface area contributed by atoms with Gasteiger partial charge < -0.3 is 14.6 Å². The molecule has 122 valence electrons. The van der Waals surface area contributed by atoms with Gasteiger partial charge in [-0.1, -0.05) is 13.0 Å². The second-order valence-corrected chi connectivity index (χ2v) is 6.10. The molecule has 6 nitrogen and oxygen atoms in total. The van der Waals surface area contributed by atoms with Gasteiger partial charge in [0.15, 0.2) is 0 Å². The zero-order valence-corrected chi connectivity index (χ0v) is 13.6. The van der Waals surface area contributed by atoms with E-state index in [9.17, 15) is 9.59 Å². The third-order valence-corrected chi connectivity index (χ3v) is 2.86. The number of carboxylic acids is 1. The van der Waals surface area contributed by atoms with Crippen molar-refractivity contribution in [3.63, 3.8) is 0 Å². The molecule has 1 aromatic carbocycles. The number of rotatable bonds is 5. The normalized spacial score (nSPS) is 12.4. The lowest BCUT2D eigenvalue weighted by molar-refractivity contribution is -0.141. The monoisotopic (exact) mass is 309 g/mol. The molecule has 0 aliphatic rings. The molecule has 0 saturated heterocycles. The van der Waals surface area contributed by atoms with Gasteiger partial charge in [-0.15, -0.1) is 0 Å². The maximum Gasteiger partial charge on any atom is 0.412 e. The lowest BCUT2D eigenvalue weighted by Crippen LogP contribution is -2.27. The number of nitrogens with one attached hydrogen (secondary N) is 1. The van der Waals surface area contributed by atoms with Crippen molar-refractivity contribution in [2.45, 2.75) is 39.7 Å². The Kier molecular flexibility index (Phi) is 5.79. The Morgan fingerprint density at radius 2 is 1.95 bits per heavy atom. The van der Waals surface area contributed by atoms with Crippen molar-refractivity contribution in [3.8, 4) is 5.75 Å². The Bertz CT molecular complexity index is 548. The van der Waals surface area contributed by atoms with Crippen molar-refractivity contribution in [2.24, 2.45) is 5.92 Å². The van der Waals surface area contributed by atoms with Gasteiger partial charge in [-0.3, -0.25) is 10.1 Å². The minimum atomic E-state index is -0.863. The fourth-order valence-corrected chi connectivity index (χ4v) is 1.83. The van der Waals surface area contributed by atoms with Gasteiger partial charge in [0.25, 0.3) is 0 Å². The summed E-state index contributed by atoms with van der Waals surface area (Å²) in [6.45, 7) is 6.95. The summed E-state index contributed by atoms with van der Waals surface area (Å²) < 4.78 is 10.4. The number of hydrogen-bond acceptors (Lipinski definition) is 4. The lowest BCUT2D eigenvalue weighted by atomic mass is 10.0. The van der Waals surface area contributed by atoms with E-state index < -0.39 is 23.6 Å². The van der Waals surface area contributed by atoms with E-state index in [2.05, 4.69) is 5.32 Å². The maximum atomic E-state index is 11.9. The van der Waals surface area contributed by atoms with E-state index in [1.165, 1.54) is 7.11 Å². The first-order chi connectivity index (χ1) is 10.1. The highest BCUT2D eigenvalue weighted by Gasteiger charge is 2.18. The highest BCUT2D eigenvalue weighted by atomic mass is 16.6. The zero-order chi connectivity index (χ0) is 16.9. The number of methoxy groups -OCH3 is 1. The molecule has 2 N–H and O–H groups in total. The lowest BCUT2D eigenvalue weighted by Gasteiger charge is -2.20. The van der Waals surface area contributed by atoms with Crippen LogP contribution in [-0.2, 0) is 16.0 Å². The summed E-state index contributed by atoms with van der Waals surface area (Å²) in [5, 5.41) is 11.6. The molecule has 0 aliphatic carbocycles. The van der Waals surface area contributed by atoms with Crippen LogP contribution in [0.3, 0.4) is 0 Å². The average molecular weight is 309 g/mol. The van der Waals surface area contributed by atoms with Crippen LogP contribution in [0.15, 0.2) is 18.2 Å². The standard InChI is InChI=1S/C16H23NO5/c1-10(14(18)19)8-11-6-7-13(21-5)12(9-11)17-15(20)22-16(2,3)4/h6-7,9-10H,8H2,1-5H3,(H,17,20)(H,18,19). The van der Waals surface area contributed by atoms with Crippen LogP contribution >= 0.6 is 0 Å². The fourth-order valence-electron chi connectivity index (χ4n) is 1.83. The molecule has 0 aliphatic heterocycles. The molecule has 0 heterocycles. The highest BCUT2D eigenvalue weighted by molar-refractivity contribution is 5.87. The molecule has 1 aromatic rings. The number of aliphatic carboxylic acids is 1. The third-order valence-electron chi connectivity index (χ3n) is 2.86. The van der Waals surface area contributed by atoms with Crippen LogP contribution in [0.4, 0.5) is 10.5 Å². The van der Waals surface area contributed by atoms with E-state index in [0.29, 0.717) is 17.9 Å². The Hall–Kier alpha value is -2.24. The van der Waals surface area contributed by atoms with Gasteiger partial charge in [-0.05, 0) is 44.9 Å². The molecular weight excluding hydrogens is 286 g/mol. The number of carboxylic acid groups (broad SMARTS) is 1. The van der Waals surface area contributed by atoms with Crippen LogP contribution in [0.5, 0.6) is 5.75 Å². The second kappa shape index (κ2) is 7.15. The molecule has 22 heavy (non-hydrogen) atoms. The Balaban J connectivity index is 2.92. The number of ether oxygens (including phenoxy) is 2. The number of carbonyl (C=O) groups excluding carboxylic acids is 1. The van der Waals surface area contributed by atoms with Crippen LogP contribution in [0.1, 0.15) is 33.3 Å². The number of carbonyl (C=O) groups is 2. The number of hydrogen-bond donors (Lipinski definition) is 2. The summed E-state index contributed by atoms with van der Waals surface area (Å²) in [6, 6.07) is 5.16. The van der Waals surface area contributed by atoms with E-state index in [1.54, 1.807) is 45.9 Å². The molecule has 6 heteroatoms. The second-order valence-electron chi connectivity index (χ2n) is 6.10. The van der Waals surface area contributed by atoms with Gasteiger partial charge in [0.05, 0.1) is 18.7 Å². The van der Waals surface area contributed by atoms with Gasteiger partial charge in [0, 0.05) is 0 Å². The van der Waals surface area contributed by atoms with E-state index in [4.69, 9.17) is 14.6 Å². The smallest absolute Gasteiger partial charge is 0.412 e. The average Bonchev–Trinajstić information content (AvgIpc) is 2.36. The quantitative estimate of drug-likeness (QED) is 0.871. The minimum absolute atomic E-state index is 0.363. The minimum Gasteiger partial charge on any atom is -0.495 e. The van der Waals surface area contributed by atoms with Gasteiger partial charge in [-0.25, -0.2) is 4.79 Å². The molecule has 1 atom stereocenters. The van der Waals surface area contributed by atoms with Crippen molar-refractivity contribution in [1.29, 1.82) is 0 Å². The topological polar surface area (TPSA) is 84.9 Å². The van der Waals surface area contributed by atoms with E-state index in [1.807, 2.05) is 0 Å². The van der Waals surface area contributed by atoms with Crippen molar-refractivity contribution >= 4 is 17.7 Å².